The lowest BCUT2D eigenvalue weighted by Crippen LogP contribution is -2.44. The van der Waals surface area contributed by atoms with Crippen molar-refractivity contribution in [2.75, 3.05) is 24.6 Å². The van der Waals surface area contributed by atoms with Crippen LogP contribution in [-0.2, 0) is 11.3 Å². The molecule has 1 aliphatic rings. The van der Waals surface area contributed by atoms with Crippen molar-refractivity contribution < 1.29 is 9.66 Å². The largest absolute Gasteiger partial charge is 0.373 e. The number of hydrogen-bond acceptors (Lipinski definition) is 6. The fraction of sp³-hybridized carbons (Fsp3) is 0.333. The summed E-state index contributed by atoms with van der Waals surface area (Å²) in [6.45, 7) is 4.56. The first kappa shape index (κ1) is 16.5. The molecular formula is C18H19N5O3. The Labute approximate surface area is 150 Å². The summed E-state index contributed by atoms with van der Waals surface area (Å²) in [6, 6.07) is 8.98. The molecule has 1 fully saturated rings. The molecule has 1 aliphatic heterocycles. The third kappa shape index (κ3) is 3.11. The van der Waals surface area contributed by atoms with Gasteiger partial charge >= 0.3 is 0 Å². The summed E-state index contributed by atoms with van der Waals surface area (Å²) in [5.41, 5.74) is 2.19. The number of aryl methyl sites for hydroxylation is 1. The van der Waals surface area contributed by atoms with E-state index in [9.17, 15) is 10.1 Å². The van der Waals surface area contributed by atoms with E-state index in [1.165, 1.54) is 6.07 Å². The van der Waals surface area contributed by atoms with E-state index in [1.807, 2.05) is 36.0 Å². The SMILES string of the molecule is Cc1cc(N2CCOC(Cn3cccn3)C2)c2cccc([N+](=O)[O-])c2n1. The highest BCUT2D eigenvalue weighted by Gasteiger charge is 2.24. The second kappa shape index (κ2) is 6.72. The number of benzene rings is 1. The van der Waals surface area contributed by atoms with E-state index in [0.717, 1.165) is 23.3 Å². The molecule has 0 saturated carbocycles. The molecule has 0 radical (unpaired) electrons. The Kier molecular flexibility index (Phi) is 4.26. The minimum atomic E-state index is -0.377. The topological polar surface area (TPSA) is 86.3 Å². The summed E-state index contributed by atoms with van der Waals surface area (Å²) < 4.78 is 7.74. The van der Waals surface area contributed by atoms with E-state index in [-0.39, 0.29) is 16.7 Å². The van der Waals surface area contributed by atoms with Crippen LogP contribution in [0.15, 0.2) is 42.7 Å². The van der Waals surface area contributed by atoms with Crippen molar-refractivity contribution in [3.05, 3.63) is 58.5 Å². The van der Waals surface area contributed by atoms with Crippen LogP contribution in [0.4, 0.5) is 11.4 Å². The van der Waals surface area contributed by atoms with Crippen LogP contribution in [0, 0.1) is 17.0 Å². The summed E-state index contributed by atoms with van der Waals surface area (Å²) in [5, 5.41) is 16.4. The molecule has 0 bridgehead atoms. The van der Waals surface area contributed by atoms with Gasteiger partial charge in [-0.25, -0.2) is 4.98 Å². The van der Waals surface area contributed by atoms with Gasteiger partial charge in [0.25, 0.3) is 5.69 Å². The molecular weight excluding hydrogens is 334 g/mol. The van der Waals surface area contributed by atoms with E-state index in [0.29, 0.717) is 25.2 Å². The van der Waals surface area contributed by atoms with Crippen molar-refractivity contribution in [3.8, 4) is 0 Å². The molecule has 0 amide bonds. The number of nitro groups is 1. The Morgan fingerprint density at radius 2 is 2.27 bits per heavy atom. The van der Waals surface area contributed by atoms with Crippen molar-refractivity contribution in [2.45, 2.75) is 19.6 Å². The number of morpholine rings is 1. The standard InChI is InChI=1S/C18H19N5O3/c1-13-10-17(15-4-2-5-16(23(24)25)18(15)20-13)21-8-9-26-14(11-21)12-22-7-3-6-19-22/h2-7,10,14H,8-9,11-12H2,1H3. The number of para-hydroxylation sites is 1. The molecule has 1 aromatic carbocycles. The number of anilines is 1. The highest BCUT2D eigenvalue weighted by atomic mass is 16.6. The van der Waals surface area contributed by atoms with Gasteiger partial charge in [0.05, 0.1) is 24.2 Å². The lowest BCUT2D eigenvalue weighted by Gasteiger charge is -2.35. The maximum absolute atomic E-state index is 11.4. The number of nitrogens with zero attached hydrogens (tertiary/aromatic N) is 5. The van der Waals surface area contributed by atoms with Crippen LogP contribution in [0.1, 0.15) is 5.69 Å². The Bertz CT molecular complexity index is 941. The fourth-order valence-corrected chi connectivity index (χ4v) is 3.41. The molecule has 4 rings (SSSR count). The predicted molar refractivity (Wildman–Crippen MR) is 97.3 cm³/mol. The van der Waals surface area contributed by atoms with Crippen LogP contribution in [-0.4, -0.2) is 45.5 Å². The average molecular weight is 353 g/mol. The van der Waals surface area contributed by atoms with Gasteiger partial charge in [-0.3, -0.25) is 14.8 Å². The molecule has 134 valence electrons. The fourth-order valence-electron chi connectivity index (χ4n) is 3.41. The normalized spacial score (nSPS) is 17.6. The smallest absolute Gasteiger partial charge is 0.295 e. The zero-order chi connectivity index (χ0) is 18.1. The highest BCUT2D eigenvalue weighted by molar-refractivity contribution is 5.97. The van der Waals surface area contributed by atoms with Crippen LogP contribution in [0.2, 0.25) is 0 Å². The van der Waals surface area contributed by atoms with Gasteiger partial charge in [-0.1, -0.05) is 12.1 Å². The van der Waals surface area contributed by atoms with E-state index in [4.69, 9.17) is 4.74 Å². The summed E-state index contributed by atoms with van der Waals surface area (Å²) in [4.78, 5) is 17.6. The third-order valence-corrected chi connectivity index (χ3v) is 4.55. The van der Waals surface area contributed by atoms with E-state index in [2.05, 4.69) is 15.0 Å². The average Bonchev–Trinajstić information content (AvgIpc) is 3.13. The summed E-state index contributed by atoms with van der Waals surface area (Å²) in [6.07, 6.45) is 3.67. The number of rotatable bonds is 4. The summed E-state index contributed by atoms with van der Waals surface area (Å²) in [5.74, 6) is 0. The maximum atomic E-state index is 11.4. The van der Waals surface area contributed by atoms with Crippen molar-refractivity contribution in [2.24, 2.45) is 0 Å². The molecule has 8 nitrogen and oxygen atoms in total. The molecule has 3 heterocycles. The Balaban J connectivity index is 1.69. The molecule has 0 aliphatic carbocycles. The number of nitro benzene ring substituents is 1. The first-order valence-electron chi connectivity index (χ1n) is 8.50. The van der Waals surface area contributed by atoms with Crippen molar-refractivity contribution in [3.63, 3.8) is 0 Å². The zero-order valence-corrected chi connectivity index (χ0v) is 14.4. The van der Waals surface area contributed by atoms with Gasteiger partial charge in [0.1, 0.15) is 0 Å². The molecule has 0 spiro atoms. The minimum absolute atomic E-state index is 0.00543. The van der Waals surface area contributed by atoms with Gasteiger partial charge in [0, 0.05) is 48.3 Å². The van der Waals surface area contributed by atoms with E-state index >= 15 is 0 Å². The monoisotopic (exact) mass is 353 g/mol. The van der Waals surface area contributed by atoms with Gasteiger partial charge in [0.2, 0.25) is 0 Å². The molecule has 1 atom stereocenters. The number of non-ortho nitro benzene ring substituents is 1. The van der Waals surface area contributed by atoms with Crippen molar-refractivity contribution in [1.29, 1.82) is 0 Å². The predicted octanol–water partition coefficient (Wildman–Crippen LogP) is 2.55. The van der Waals surface area contributed by atoms with Gasteiger partial charge in [-0.15, -0.1) is 0 Å². The molecule has 3 aromatic rings. The number of hydrogen-bond donors (Lipinski definition) is 0. The van der Waals surface area contributed by atoms with E-state index < -0.39 is 0 Å². The number of ether oxygens (including phenoxy) is 1. The number of aromatic nitrogens is 3. The van der Waals surface area contributed by atoms with Gasteiger partial charge in [-0.05, 0) is 19.1 Å². The van der Waals surface area contributed by atoms with Crippen LogP contribution in [0.25, 0.3) is 10.9 Å². The van der Waals surface area contributed by atoms with Gasteiger partial charge < -0.3 is 9.64 Å². The molecule has 0 N–H and O–H groups in total. The first-order chi connectivity index (χ1) is 12.6. The molecule has 2 aromatic heterocycles. The van der Waals surface area contributed by atoms with Crippen molar-refractivity contribution in [1.82, 2.24) is 14.8 Å². The van der Waals surface area contributed by atoms with E-state index in [1.54, 1.807) is 12.3 Å². The van der Waals surface area contributed by atoms with Gasteiger partial charge in [0.15, 0.2) is 5.52 Å². The Hall–Kier alpha value is -3.00. The van der Waals surface area contributed by atoms with Crippen LogP contribution in [0.5, 0.6) is 0 Å². The maximum Gasteiger partial charge on any atom is 0.295 e. The Morgan fingerprint density at radius 1 is 1.38 bits per heavy atom. The number of pyridine rings is 1. The first-order valence-corrected chi connectivity index (χ1v) is 8.50. The minimum Gasteiger partial charge on any atom is -0.373 e. The molecule has 8 heteroatoms. The lowest BCUT2D eigenvalue weighted by molar-refractivity contribution is -0.383. The summed E-state index contributed by atoms with van der Waals surface area (Å²) >= 11 is 0. The molecule has 1 saturated heterocycles. The second-order valence-corrected chi connectivity index (χ2v) is 6.38. The lowest BCUT2D eigenvalue weighted by atomic mass is 10.1. The quantitative estimate of drug-likeness (QED) is 0.529. The highest BCUT2D eigenvalue weighted by Crippen LogP contribution is 2.33. The molecule has 1 unspecified atom stereocenters. The van der Waals surface area contributed by atoms with Crippen molar-refractivity contribution >= 4 is 22.3 Å². The van der Waals surface area contributed by atoms with Crippen LogP contribution in [0.3, 0.4) is 0 Å². The number of fused-ring (bicyclic) bond motifs is 1. The second-order valence-electron chi connectivity index (χ2n) is 6.38. The third-order valence-electron chi connectivity index (χ3n) is 4.55. The Morgan fingerprint density at radius 3 is 3.04 bits per heavy atom. The summed E-state index contributed by atoms with van der Waals surface area (Å²) in [7, 11) is 0. The van der Waals surface area contributed by atoms with Gasteiger partial charge in [-0.2, -0.15) is 5.10 Å². The van der Waals surface area contributed by atoms with Crippen LogP contribution < -0.4 is 4.90 Å². The molecule has 26 heavy (non-hydrogen) atoms. The van der Waals surface area contributed by atoms with Crippen LogP contribution >= 0.6 is 0 Å². The zero-order valence-electron chi connectivity index (χ0n) is 14.4.